The van der Waals surface area contributed by atoms with Crippen molar-refractivity contribution in [3.63, 3.8) is 0 Å². The predicted molar refractivity (Wildman–Crippen MR) is 69.8 cm³/mol. The van der Waals surface area contributed by atoms with Gasteiger partial charge in [-0.25, -0.2) is 0 Å². The highest BCUT2D eigenvalue weighted by Crippen LogP contribution is 2.20. The van der Waals surface area contributed by atoms with Gasteiger partial charge in [0.1, 0.15) is 0 Å². The molecule has 1 aromatic carbocycles. The Hall–Kier alpha value is -0.820. The van der Waals surface area contributed by atoms with Gasteiger partial charge in [-0.3, -0.25) is 0 Å². The van der Waals surface area contributed by atoms with Gasteiger partial charge in [0, 0.05) is 0 Å². The third-order valence-electron chi connectivity index (χ3n) is 3.59. The molecule has 0 saturated carbocycles. The smallest absolute Gasteiger partial charge is 0.00218 e. The van der Waals surface area contributed by atoms with Gasteiger partial charge in [0.05, 0.1) is 0 Å². The average molecular weight is 217 g/mol. The van der Waals surface area contributed by atoms with E-state index in [0.29, 0.717) is 0 Å². The molecule has 88 valence electrons. The van der Waals surface area contributed by atoms with Crippen LogP contribution in [-0.4, -0.2) is 25.0 Å². The Balaban J connectivity index is 0.000000125. The number of piperidine rings is 1. The van der Waals surface area contributed by atoms with Crippen LogP contribution in [0.3, 0.4) is 0 Å². The number of nitrogens with zero attached hydrogens (tertiary/aromatic N) is 1. The lowest BCUT2D eigenvalue weighted by Crippen LogP contribution is -2.24. The van der Waals surface area contributed by atoms with Crippen molar-refractivity contribution in [1.29, 1.82) is 0 Å². The zero-order valence-electron chi connectivity index (χ0n) is 10.4. The van der Waals surface area contributed by atoms with Crippen LogP contribution >= 0.6 is 0 Å². The predicted octanol–water partition coefficient (Wildman–Crippen LogP) is 3.28. The van der Waals surface area contributed by atoms with Crippen molar-refractivity contribution in [2.45, 2.75) is 38.5 Å². The van der Waals surface area contributed by atoms with Crippen LogP contribution in [0.5, 0.6) is 0 Å². The van der Waals surface area contributed by atoms with Crippen LogP contribution in [0.4, 0.5) is 0 Å². The summed E-state index contributed by atoms with van der Waals surface area (Å²) in [7, 11) is 2.19. The Bertz CT molecular complexity index is 290. The van der Waals surface area contributed by atoms with E-state index in [1.54, 1.807) is 11.1 Å². The zero-order chi connectivity index (χ0) is 11.2. The van der Waals surface area contributed by atoms with Gasteiger partial charge in [0.2, 0.25) is 0 Å². The second kappa shape index (κ2) is 6.05. The first-order valence-corrected chi connectivity index (χ1v) is 6.61. The molecule has 3 rings (SSSR count). The number of hydrogen-bond donors (Lipinski definition) is 0. The molecule has 2 aliphatic rings. The lowest BCUT2D eigenvalue weighted by Gasteiger charge is -2.20. The Morgan fingerprint density at radius 3 is 1.81 bits per heavy atom. The van der Waals surface area contributed by atoms with Crippen molar-refractivity contribution in [2.24, 2.45) is 0 Å². The third-order valence-corrected chi connectivity index (χ3v) is 3.59. The van der Waals surface area contributed by atoms with E-state index in [-0.39, 0.29) is 0 Å². The first-order chi connectivity index (χ1) is 7.86. The maximum Gasteiger partial charge on any atom is -0.00218 e. The Kier molecular flexibility index (Phi) is 4.41. The van der Waals surface area contributed by atoms with Crippen LogP contribution in [0.15, 0.2) is 24.3 Å². The highest BCUT2D eigenvalue weighted by molar-refractivity contribution is 5.30. The minimum atomic E-state index is 1.30. The fraction of sp³-hybridized carbons (Fsp3) is 0.600. The molecule has 1 heteroatoms. The molecule has 0 aromatic heterocycles. The number of aryl methyl sites for hydroxylation is 2. The topological polar surface area (TPSA) is 3.24 Å². The molecule has 0 amide bonds. The summed E-state index contributed by atoms with van der Waals surface area (Å²) in [6.45, 7) is 2.64. The minimum Gasteiger partial charge on any atom is -0.306 e. The standard InChI is InChI=1S/C9H10.C6H13N/c1-2-5-9-7-3-6-8(9)4-1;1-7-5-3-2-4-6-7/h1-2,4-5H,3,6-7H2;2-6H2,1H3. The molecule has 1 heterocycles. The molecule has 0 atom stereocenters. The second-order valence-corrected chi connectivity index (χ2v) is 4.99. The molecule has 1 saturated heterocycles. The van der Waals surface area contributed by atoms with Crippen LogP contribution in [0, 0.1) is 0 Å². The zero-order valence-corrected chi connectivity index (χ0v) is 10.4. The van der Waals surface area contributed by atoms with Crippen molar-refractivity contribution in [3.8, 4) is 0 Å². The molecule has 1 fully saturated rings. The summed E-state index contributed by atoms with van der Waals surface area (Å²) in [5, 5.41) is 0. The summed E-state index contributed by atoms with van der Waals surface area (Å²) in [6, 6.07) is 8.74. The SMILES string of the molecule is CN1CCCCC1.c1ccc2c(c1)CCC2. The normalized spacial score (nSPS) is 19.8. The summed E-state index contributed by atoms with van der Waals surface area (Å²) in [4.78, 5) is 2.39. The fourth-order valence-electron chi connectivity index (χ4n) is 2.57. The van der Waals surface area contributed by atoms with E-state index in [9.17, 15) is 0 Å². The van der Waals surface area contributed by atoms with E-state index >= 15 is 0 Å². The van der Waals surface area contributed by atoms with Gasteiger partial charge in [-0.15, -0.1) is 0 Å². The van der Waals surface area contributed by atoms with E-state index in [0.717, 1.165) is 0 Å². The van der Waals surface area contributed by atoms with E-state index in [1.807, 2.05) is 0 Å². The van der Waals surface area contributed by atoms with Gasteiger partial charge in [-0.2, -0.15) is 0 Å². The largest absolute Gasteiger partial charge is 0.306 e. The van der Waals surface area contributed by atoms with E-state index in [2.05, 4.69) is 36.2 Å². The molecule has 0 N–H and O–H groups in total. The van der Waals surface area contributed by atoms with Crippen LogP contribution in [0.25, 0.3) is 0 Å². The first-order valence-electron chi connectivity index (χ1n) is 6.61. The molecular weight excluding hydrogens is 194 g/mol. The molecule has 0 radical (unpaired) electrons. The van der Waals surface area contributed by atoms with E-state index in [1.165, 1.54) is 51.6 Å². The summed E-state index contributed by atoms with van der Waals surface area (Å²) >= 11 is 0. The average Bonchev–Trinajstić information content (AvgIpc) is 2.79. The minimum absolute atomic E-state index is 1.30. The summed E-state index contributed by atoms with van der Waals surface area (Å²) < 4.78 is 0. The van der Waals surface area contributed by atoms with Crippen molar-refractivity contribution in [2.75, 3.05) is 20.1 Å². The van der Waals surface area contributed by atoms with Crippen LogP contribution in [-0.2, 0) is 12.8 Å². The molecule has 16 heavy (non-hydrogen) atoms. The molecule has 0 spiro atoms. The quantitative estimate of drug-likeness (QED) is 0.644. The molecule has 1 aromatic rings. The summed E-state index contributed by atoms with van der Waals surface area (Å²) in [5.41, 5.74) is 3.13. The highest BCUT2D eigenvalue weighted by Gasteiger charge is 2.07. The lowest BCUT2D eigenvalue weighted by atomic mass is 10.1. The monoisotopic (exact) mass is 217 g/mol. The molecular formula is C15H23N. The van der Waals surface area contributed by atoms with Crippen LogP contribution in [0.2, 0.25) is 0 Å². The summed E-state index contributed by atoms with van der Waals surface area (Å²) in [5.74, 6) is 0. The maximum atomic E-state index is 2.39. The Labute approximate surface area is 99.5 Å². The van der Waals surface area contributed by atoms with Gasteiger partial charge < -0.3 is 4.90 Å². The number of likely N-dealkylation sites (tertiary alicyclic amines) is 1. The van der Waals surface area contributed by atoms with Crippen molar-refractivity contribution >= 4 is 0 Å². The van der Waals surface area contributed by atoms with Crippen molar-refractivity contribution in [1.82, 2.24) is 4.90 Å². The molecule has 1 nitrogen and oxygen atoms in total. The lowest BCUT2D eigenvalue weighted by molar-refractivity contribution is 0.277. The van der Waals surface area contributed by atoms with Crippen LogP contribution < -0.4 is 0 Å². The fourth-order valence-corrected chi connectivity index (χ4v) is 2.57. The highest BCUT2D eigenvalue weighted by atomic mass is 15.1. The van der Waals surface area contributed by atoms with Gasteiger partial charge in [0.25, 0.3) is 0 Å². The number of hydrogen-bond acceptors (Lipinski definition) is 1. The van der Waals surface area contributed by atoms with Crippen molar-refractivity contribution in [3.05, 3.63) is 35.4 Å². The number of fused-ring (bicyclic) bond motifs is 1. The third kappa shape index (κ3) is 3.34. The van der Waals surface area contributed by atoms with Crippen LogP contribution in [0.1, 0.15) is 36.8 Å². The van der Waals surface area contributed by atoms with E-state index < -0.39 is 0 Å². The second-order valence-electron chi connectivity index (χ2n) is 4.99. The molecule has 0 bridgehead atoms. The van der Waals surface area contributed by atoms with Crippen molar-refractivity contribution < 1.29 is 0 Å². The Morgan fingerprint density at radius 2 is 1.38 bits per heavy atom. The van der Waals surface area contributed by atoms with Gasteiger partial charge in [-0.1, -0.05) is 30.7 Å². The summed E-state index contributed by atoms with van der Waals surface area (Å²) in [6.07, 6.45) is 8.24. The molecule has 0 unspecified atom stereocenters. The molecule has 1 aliphatic heterocycles. The van der Waals surface area contributed by atoms with Gasteiger partial charge in [-0.05, 0) is 63.4 Å². The van der Waals surface area contributed by atoms with E-state index in [4.69, 9.17) is 0 Å². The van der Waals surface area contributed by atoms with Gasteiger partial charge >= 0.3 is 0 Å². The first kappa shape index (κ1) is 11.7. The maximum absolute atomic E-state index is 2.39. The Morgan fingerprint density at radius 1 is 0.812 bits per heavy atom. The number of rotatable bonds is 0. The van der Waals surface area contributed by atoms with Gasteiger partial charge in [0.15, 0.2) is 0 Å². The number of benzene rings is 1. The molecule has 1 aliphatic carbocycles.